The Morgan fingerprint density at radius 3 is 2.35 bits per heavy atom. The average molecular weight is 494 g/mol. The second-order valence-corrected chi connectivity index (χ2v) is 8.31. The summed E-state index contributed by atoms with van der Waals surface area (Å²) in [6.07, 6.45) is 4.97. The zero-order valence-electron chi connectivity index (χ0n) is 15.6. The van der Waals surface area contributed by atoms with Gasteiger partial charge in [-0.15, -0.1) is 24.0 Å². The number of guanidine groups is 1. The van der Waals surface area contributed by atoms with E-state index in [0.29, 0.717) is 18.5 Å². The fraction of sp³-hybridized carbons (Fsp3) is 0.611. The molecular weight excluding hydrogens is 463 g/mol. The molecule has 1 aliphatic rings. The minimum Gasteiger partial charge on any atom is -0.357 e. The molecule has 0 radical (unpaired) electrons. The molecule has 0 heterocycles. The molecule has 6 nitrogen and oxygen atoms in total. The van der Waals surface area contributed by atoms with E-state index in [-0.39, 0.29) is 28.9 Å². The van der Waals surface area contributed by atoms with Crippen LogP contribution in [-0.4, -0.2) is 40.6 Å². The highest BCUT2D eigenvalue weighted by molar-refractivity contribution is 14.0. The van der Waals surface area contributed by atoms with Crippen LogP contribution >= 0.6 is 24.0 Å². The van der Waals surface area contributed by atoms with Crippen LogP contribution < -0.4 is 15.4 Å². The molecule has 1 aliphatic carbocycles. The Bertz CT molecular complexity index is 656. The maximum atomic E-state index is 12.2. The molecule has 148 valence electrons. The number of hydrogen-bond acceptors (Lipinski definition) is 3. The molecule has 1 saturated carbocycles. The van der Waals surface area contributed by atoms with Crippen molar-refractivity contribution in [2.24, 2.45) is 10.4 Å². The van der Waals surface area contributed by atoms with Gasteiger partial charge in [0.2, 0.25) is 10.0 Å². The highest BCUT2D eigenvalue weighted by Crippen LogP contribution is 2.43. The molecule has 8 heteroatoms. The Kier molecular flexibility index (Phi) is 9.88. The van der Waals surface area contributed by atoms with Crippen LogP contribution in [0.4, 0.5) is 0 Å². The second-order valence-electron chi connectivity index (χ2n) is 6.54. The molecule has 0 unspecified atom stereocenters. The van der Waals surface area contributed by atoms with E-state index in [1.165, 1.54) is 19.3 Å². The number of sulfonamides is 1. The summed E-state index contributed by atoms with van der Waals surface area (Å²) in [5.74, 6) is 0.751. The molecule has 2 rings (SSSR count). The van der Waals surface area contributed by atoms with E-state index in [2.05, 4.69) is 27.3 Å². The van der Waals surface area contributed by atoms with Gasteiger partial charge in [0, 0.05) is 26.2 Å². The fourth-order valence-corrected chi connectivity index (χ4v) is 3.99. The Hall–Kier alpha value is -0.870. The molecule has 0 aromatic heterocycles. The van der Waals surface area contributed by atoms with Gasteiger partial charge in [0.1, 0.15) is 0 Å². The van der Waals surface area contributed by atoms with Crippen LogP contribution in [0.3, 0.4) is 0 Å². The summed E-state index contributed by atoms with van der Waals surface area (Å²) in [6, 6.07) is 8.40. The molecule has 0 atom stereocenters. The molecule has 0 aliphatic heterocycles. The van der Waals surface area contributed by atoms with Gasteiger partial charge in [-0.1, -0.05) is 31.5 Å². The van der Waals surface area contributed by atoms with Gasteiger partial charge in [-0.2, -0.15) is 0 Å². The quantitative estimate of drug-likeness (QED) is 0.214. The SMILES string of the molecule is CCNC(=NCC1(CC)CCC1)NCCNS(=O)(=O)c1ccccc1.I. The highest BCUT2D eigenvalue weighted by atomic mass is 127. The fourth-order valence-electron chi connectivity index (χ4n) is 2.94. The van der Waals surface area contributed by atoms with Crippen molar-refractivity contribution >= 4 is 40.0 Å². The van der Waals surface area contributed by atoms with E-state index in [4.69, 9.17) is 0 Å². The molecule has 1 aromatic rings. The summed E-state index contributed by atoms with van der Waals surface area (Å²) in [4.78, 5) is 4.97. The standard InChI is InChI=1S/C18H30N4O2S.HI/c1-3-18(11-8-12-18)15-21-17(19-4-2)20-13-14-22-25(23,24)16-9-6-5-7-10-16;/h5-7,9-10,22H,3-4,8,11-15H2,1-2H3,(H2,19,20,21);1H. The molecule has 0 amide bonds. The van der Waals surface area contributed by atoms with Crippen LogP contribution in [0.1, 0.15) is 39.5 Å². The first-order chi connectivity index (χ1) is 12.0. The van der Waals surface area contributed by atoms with Crippen molar-refractivity contribution in [3.05, 3.63) is 30.3 Å². The van der Waals surface area contributed by atoms with E-state index in [1.807, 2.05) is 6.92 Å². The largest absolute Gasteiger partial charge is 0.357 e. The number of aliphatic imine (C=N–C) groups is 1. The Labute approximate surface area is 174 Å². The van der Waals surface area contributed by atoms with E-state index >= 15 is 0 Å². The van der Waals surface area contributed by atoms with E-state index < -0.39 is 10.0 Å². The van der Waals surface area contributed by atoms with E-state index in [0.717, 1.165) is 25.5 Å². The molecule has 1 aromatic carbocycles. The maximum Gasteiger partial charge on any atom is 0.240 e. The van der Waals surface area contributed by atoms with Crippen LogP contribution in [0.2, 0.25) is 0 Å². The lowest BCUT2D eigenvalue weighted by Crippen LogP contribution is -2.42. The Morgan fingerprint density at radius 1 is 1.12 bits per heavy atom. The summed E-state index contributed by atoms with van der Waals surface area (Å²) < 4.78 is 26.9. The van der Waals surface area contributed by atoms with Gasteiger partial charge < -0.3 is 10.6 Å². The van der Waals surface area contributed by atoms with Gasteiger partial charge in [0.25, 0.3) is 0 Å². The lowest BCUT2D eigenvalue weighted by atomic mass is 9.67. The second kappa shape index (κ2) is 11.1. The van der Waals surface area contributed by atoms with Crippen molar-refractivity contribution in [2.75, 3.05) is 26.2 Å². The third kappa shape index (κ3) is 6.70. The van der Waals surface area contributed by atoms with Gasteiger partial charge in [0.15, 0.2) is 5.96 Å². The van der Waals surface area contributed by atoms with Crippen molar-refractivity contribution in [2.45, 2.75) is 44.4 Å². The third-order valence-corrected chi connectivity index (χ3v) is 6.32. The zero-order valence-corrected chi connectivity index (χ0v) is 18.8. The first kappa shape index (κ1) is 23.2. The van der Waals surface area contributed by atoms with Gasteiger partial charge >= 0.3 is 0 Å². The van der Waals surface area contributed by atoms with Crippen molar-refractivity contribution in [3.63, 3.8) is 0 Å². The minimum atomic E-state index is -3.46. The Balaban J connectivity index is 0.00000338. The molecule has 26 heavy (non-hydrogen) atoms. The zero-order chi connectivity index (χ0) is 18.2. The van der Waals surface area contributed by atoms with E-state index in [9.17, 15) is 8.42 Å². The van der Waals surface area contributed by atoms with Gasteiger partial charge in [-0.25, -0.2) is 13.1 Å². The molecule has 0 saturated heterocycles. The number of halogens is 1. The molecule has 0 spiro atoms. The summed E-state index contributed by atoms with van der Waals surface area (Å²) in [6.45, 7) is 6.65. The highest BCUT2D eigenvalue weighted by Gasteiger charge is 2.34. The van der Waals surface area contributed by atoms with Crippen LogP contribution in [0, 0.1) is 5.41 Å². The first-order valence-corrected chi connectivity index (χ1v) is 10.6. The van der Waals surface area contributed by atoms with Crippen LogP contribution in [0.5, 0.6) is 0 Å². The number of rotatable bonds is 9. The smallest absolute Gasteiger partial charge is 0.240 e. The monoisotopic (exact) mass is 494 g/mol. The topological polar surface area (TPSA) is 82.6 Å². The summed E-state index contributed by atoms with van der Waals surface area (Å²) in [7, 11) is -3.46. The van der Waals surface area contributed by atoms with E-state index in [1.54, 1.807) is 30.3 Å². The number of benzene rings is 1. The summed E-state index contributed by atoms with van der Waals surface area (Å²) in [5, 5.41) is 6.42. The van der Waals surface area contributed by atoms with Gasteiger partial charge in [0.05, 0.1) is 4.90 Å². The molecule has 3 N–H and O–H groups in total. The summed E-state index contributed by atoms with van der Waals surface area (Å²) in [5.41, 5.74) is 0.372. The maximum absolute atomic E-state index is 12.2. The van der Waals surface area contributed by atoms with Gasteiger partial charge in [-0.05, 0) is 43.7 Å². The molecule has 1 fully saturated rings. The van der Waals surface area contributed by atoms with Crippen LogP contribution in [0.25, 0.3) is 0 Å². The molecule has 0 bridgehead atoms. The first-order valence-electron chi connectivity index (χ1n) is 9.08. The number of hydrogen-bond donors (Lipinski definition) is 3. The summed E-state index contributed by atoms with van der Waals surface area (Å²) >= 11 is 0. The van der Waals surface area contributed by atoms with Crippen LogP contribution in [-0.2, 0) is 10.0 Å². The average Bonchev–Trinajstić information content (AvgIpc) is 2.58. The number of nitrogens with one attached hydrogen (secondary N) is 3. The third-order valence-electron chi connectivity index (χ3n) is 4.84. The van der Waals surface area contributed by atoms with Crippen molar-refractivity contribution in [1.82, 2.24) is 15.4 Å². The minimum absolute atomic E-state index is 0. The van der Waals surface area contributed by atoms with Crippen molar-refractivity contribution < 1.29 is 8.42 Å². The lowest BCUT2D eigenvalue weighted by Gasteiger charge is -2.40. The predicted molar refractivity (Wildman–Crippen MR) is 118 cm³/mol. The predicted octanol–water partition coefficient (Wildman–Crippen LogP) is 2.72. The van der Waals surface area contributed by atoms with Crippen LogP contribution in [0.15, 0.2) is 40.2 Å². The van der Waals surface area contributed by atoms with Crippen molar-refractivity contribution in [1.29, 1.82) is 0 Å². The van der Waals surface area contributed by atoms with Gasteiger partial charge in [-0.3, -0.25) is 4.99 Å². The van der Waals surface area contributed by atoms with Crippen molar-refractivity contribution in [3.8, 4) is 0 Å². The Morgan fingerprint density at radius 2 is 1.81 bits per heavy atom. The molecular formula is C18H31IN4O2S. The number of nitrogens with zero attached hydrogens (tertiary/aromatic N) is 1. The lowest BCUT2D eigenvalue weighted by molar-refractivity contribution is 0.139. The normalized spacial score (nSPS) is 16.3.